The zero-order valence-corrected chi connectivity index (χ0v) is 15.5. The predicted molar refractivity (Wildman–Crippen MR) is 97.8 cm³/mol. The monoisotopic (exact) mass is 346 g/mol. The van der Waals surface area contributed by atoms with Crippen molar-refractivity contribution in [3.63, 3.8) is 0 Å². The Labute approximate surface area is 150 Å². The van der Waals surface area contributed by atoms with E-state index in [1.165, 1.54) is 19.3 Å². The molecule has 0 N–H and O–H groups in total. The average Bonchev–Trinajstić information content (AvgIpc) is 3.11. The number of amides is 1. The summed E-state index contributed by atoms with van der Waals surface area (Å²) in [5.74, 6) is 1.92. The first kappa shape index (κ1) is 18.0. The summed E-state index contributed by atoms with van der Waals surface area (Å²) in [7, 11) is 2.01. The summed E-state index contributed by atoms with van der Waals surface area (Å²) in [6, 6.07) is 0. The van der Waals surface area contributed by atoms with E-state index in [4.69, 9.17) is 4.74 Å². The fraction of sp³-hybridized carbons (Fsp3) is 0.737. The van der Waals surface area contributed by atoms with Gasteiger partial charge in [-0.3, -0.25) is 4.79 Å². The lowest BCUT2D eigenvalue weighted by Gasteiger charge is -2.26. The maximum Gasteiger partial charge on any atom is 0.257 e. The molecule has 1 unspecified atom stereocenters. The van der Waals surface area contributed by atoms with Crippen molar-refractivity contribution in [2.24, 2.45) is 5.92 Å². The van der Waals surface area contributed by atoms with Crippen molar-refractivity contribution in [2.45, 2.75) is 58.0 Å². The van der Waals surface area contributed by atoms with Gasteiger partial charge >= 0.3 is 0 Å². The first-order valence-electron chi connectivity index (χ1n) is 9.66. The van der Waals surface area contributed by atoms with E-state index in [0.717, 1.165) is 44.6 Å². The van der Waals surface area contributed by atoms with Crippen LogP contribution in [-0.2, 0) is 4.79 Å². The minimum atomic E-state index is 0.0121. The molecule has 6 nitrogen and oxygen atoms in total. The molecule has 138 valence electrons. The van der Waals surface area contributed by atoms with Crippen molar-refractivity contribution in [1.82, 2.24) is 14.9 Å². The molecule has 1 saturated heterocycles. The summed E-state index contributed by atoms with van der Waals surface area (Å²) in [6.07, 6.45) is 11.0. The molecule has 1 aliphatic heterocycles. The van der Waals surface area contributed by atoms with Crippen LogP contribution in [0.1, 0.15) is 51.9 Å². The van der Waals surface area contributed by atoms with Crippen LogP contribution in [0.25, 0.3) is 0 Å². The lowest BCUT2D eigenvalue weighted by molar-refractivity contribution is -0.135. The number of rotatable bonds is 6. The molecule has 2 heterocycles. The molecular formula is C19H30N4O2. The lowest BCUT2D eigenvalue weighted by Crippen LogP contribution is -2.36. The fourth-order valence-electron chi connectivity index (χ4n) is 3.89. The van der Waals surface area contributed by atoms with Gasteiger partial charge in [-0.05, 0) is 19.3 Å². The second-order valence-corrected chi connectivity index (χ2v) is 7.25. The first-order valence-corrected chi connectivity index (χ1v) is 9.66. The Morgan fingerprint density at radius 3 is 2.76 bits per heavy atom. The van der Waals surface area contributed by atoms with Crippen LogP contribution < -0.4 is 9.64 Å². The van der Waals surface area contributed by atoms with E-state index >= 15 is 0 Å². The molecule has 25 heavy (non-hydrogen) atoms. The van der Waals surface area contributed by atoms with E-state index in [-0.39, 0.29) is 12.0 Å². The molecule has 0 bridgehead atoms. The minimum absolute atomic E-state index is 0.0121. The molecule has 1 atom stereocenters. The van der Waals surface area contributed by atoms with Crippen LogP contribution in [-0.4, -0.2) is 53.6 Å². The number of hydrogen-bond acceptors (Lipinski definition) is 5. The van der Waals surface area contributed by atoms with Gasteiger partial charge in [-0.1, -0.05) is 26.2 Å². The third kappa shape index (κ3) is 4.41. The molecule has 1 saturated carbocycles. The Hall–Kier alpha value is -1.85. The normalized spacial score (nSPS) is 21.4. The Morgan fingerprint density at radius 2 is 2.00 bits per heavy atom. The second kappa shape index (κ2) is 8.50. The minimum Gasteiger partial charge on any atom is -0.470 e. The summed E-state index contributed by atoms with van der Waals surface area (Å²) in [5.41, 5.74) is 0. The third-order valence-electron chi connectivity index (χ3n) is 5.26. The molecule has 1 aliphatic carbocycles. The average molecular weight is 346 g/mol. The second-order valence-electron chi connectivity index (χ2n) is 7.25. The summed E-state index contributed by atoms with van der Waals surface area (Å²) in [4.78, 5) is 25.6. The van der Waals surface area contributed by atoms with Gasteiger partial charge in [0, 0.05) is 44.9 Å². The van der Waals surface area contributed by atoms with Crippen molar-refractivity contribution in [3.05, 3.63) is 12.4 Å². The maximum atomic E-state index is 12.7. The molecule has 0 aromatic carbocycles. The van der Waals surface area contributed by atoms with Crippen molar-refractivity contribution < 1.29 is 9.53 Å². The van der Waals surface area contributed by atoms with Gasteiger partial charge < -0.3 is 14.5 Å². The highest BCUT2D eigenvalue weighted by atomic mass is 16.5. The van der Waals surface area contributed by atoms with Gasteiger partial charge in [0.25, 0.3) is 5.88 Å². The number of carbonyl (C=O) groups excluding carboxylic acids is 1. The van der Waals surface area contributed by atoms with Crippen molar-refractivity contribution in [2.75, 3.05) is 31.6 Å². The number of likely N-dealkylation sites (tertiary alicyclic amines) is 1. The zero-order chi connectivity index (χ0) is 17.6. The Balaban J connectivity index is 1.59. The molecule has 3 rings (SSSR count). The fourth-order valence-corrected chi connectivity index (χ4v) is 3.89. The summed E-state index contributed by atoms with van der Waals surface area (Å²) in [6.45, 7) is 4.51. The predicted octanol–water partition coefficient (Wildman–Crippen LogP) is 2.88. The number of carbonyl (C=O) groups is 1. The van der Waals surface area contributed by atoms with Crippen LogP contribution in [0.15, 0.2) is 12.4 Å². The van der Waals surface area contributed by atoms with Crippen LogP contribution in [0, 0.1) is 5.92 Å². The van der Waals surface area contributed by atoms with Gasteiger partial charge in [0.15, 0.2) is 5.82 Å². The van der Waals surface area contributed by atoms with Crippen molar-refractivity contribution in [1.29, 1.82) is 0 Å². The van der Waals surface area contributed by atoms with E-state index in [9.17, 15) is 4.79 Å². The topological polar surface area (TPSA) is 58.6 Å². The quantitative estimate of drug-likeness (QED) is 0.793. The van der Waals surface area contributed by atoms with Crippen LogP contribution in [0.2, 0.25) is 0 Å². The van der Waals surface area contributed by atoms with Gasteiger partial charge in [0.2, 0.25) is 5.91 Å². The summed E-state index contributed by atoms with van der Waals surface area (Å²) in [5, 5.41) is 0. The molecule has 6 heteroatoms. The van der Waals surface area contributed by atoms with E-state index in [2.05, 4.69) is 21.8 Å². The van der Waals surface area contributed by atoms with Gasteiger partial charge in [-0.15, -0.1) is 0 Å². The number of anilines is 1. The van der Waals surface area contributed by atoms with Gasteiger partial charge in [0.05, 0.1) is 6.54 Å². The molecule has 0 radical (unpaired) electrons. The molecule has 1 aromatic rings. The Morgan fingerprint density at radius 1 is 1.24 bits per heavy atom. The highest BCUT2D eigenvalue weighted by Gasteiger charge is 2.33. The smallest absolute Gasteiger partial charge is 0.257 e. The molecule has 2 fully saturated rings. The largest absolute Gasteiger partial charge is 0.470 e. The van der Waals surface area contributed by atoms with Crippen LogP contribution >= 0.6 is 0 Å². The maximum absolute atomic E-state index is 12.7. The zero-order valence-electron chi connectivity index (χ0n) is 15.5. The number of aromatic nitrogens is 2. The summed E-state index contributed by atoms with van der Waals surface area (Å²) >= 11 is 0. The van der Waals surface area contributed by atoms with Gasteiger partial charge in [-0.25, -0.2) is 9.97 Å². The summed E-state index contributed by atoms with van der Waals surface area (Å²) < 4.78 is 6.13. The van der Waals surface area contributed by atoms with E-state index in [1.54, 1.807) is 12.4 Å². The number of hydrogen-bond donors (Lipinski definition) is 0. The van der Waals surface area contributed by atoms with E-state index in [1.807, 2.05) is 11.9 Å². The van der Waals surface area contributed by atoms with E-state index < -0.39 is 0 Å². The SMILES string of the molecule is CCCN(C)c1nccnc1OC1CCN(C(=O)C2CCCCC2)C1. The molecule has 1 aromatic heterocycles. The highest BCUT2D eigenvalue weighted by molar-refractivity contribution is 5.79. The standard InChI is InChI=1S/C19H30N4O2/c1-3-12-22(2)17-18(21-11-10-20-17)25-16-9-13-23(14-16)19(24)15-7-5-4-6-8-15/h10-11,15-16H,3-9,12-14H2,1-2H3. The Kier molecular flexibility index (Phi) is 6.10. The van der Waals surface area contributed by atoms with Crippen LogP contribution in [0.4, 0.5) is 5.82 Å². The van der Waals surface area contributed by atoms with Gasteiger partial charge in [-0.2, -0.15) is 0 Å². The van der Waals surface area contributed by atoms with Gasteiger partial charge in [0.1, 0.15) is 6.10 Å². The molecule has 2 aliphatic rings. The number of ether oxygens (including phenoxy) is 1. The first-order chi connectivity index (χ1) is 12.2. The van der Waals surface area contributed by atoms with Crippen molar-refractivity contribution in [3.8, 4) is 5.88 Å². The van der Waals surface area contributed by atoms with E-state index in [0.29, 0.717) is 18.3 Å². The van der Waals surface area contributed by atoms with Crippen LogP contribution in [0.3, 0.4) is 0 Å². The lowest BCUT2D eigenvalue weighted by atomic mass is 9.88. The molecule has 1 amide bonds. The van der Waals surface area contributed by atoms with Crippen molar-refractivity contribution >= 4 is 11.7 Å². The van der Waals surface area contributed by atoms with Crippen LogP contribution in [0.5, 0.6) is 5.88 Å². The highest BCUT2D eigenvalue weighted by Crippen LogP contribution is 2.29. The third-order valence-corrected chi connectivity index (χ3v) is 5.26. The molecular weight excluding hydrogens is 316 g/mol. The number of nitrogens with zero attached hydrogens (tertiary/aromatic N) is 4. The molecule has 0 spiro atoms. The Bertz CT molecular complexity index is 574.